The number of halogens is 1. The van der Waals surface area contributed by atoms with Crippen LogP contribution in [0.4, 0.5) is 0 Å². The van der Waals surface area contributed by atoms with Crippen LogP contribution in [0.15, 0.2) is 4.99 Å². The summed E-state index contributed by atoms with van der Waals surface area (Å²) in [4.78, 5) is 9.31. The minimum atomic E-state index is 0. The van der Waals surface area contributed by atoms with Gasteiger partial charge in [-0.3, -0.25) is 9.89 Å². The van der Waals surface area contributed by atoms with Crippen molar-refractivity contribution in [3.8, 4) is 0 Å². The standard InChI is InChI=1S/C16H35N5O.HI/c1-14(2)15(21-10-8-20(4)9-11-21)13-19-16(17-3)18-7-6-12-22-5;/h14-15H,6-13H2,1-5H3,(H2,17,18,19);1H. The molecule has 0 aromatic rings. The molecular formula is C16H36IN5O. The molecule has 1 saturated heterocycles. The topological polar surface area (TPSA) is 52.1 Å². The van der Waals surface area contributed by atoms with Crippen LogP contribution in [0, 0.1) is 5.92 Å². The van der Waals surface area contributed by atoms with Crippen LogP contribution in [0.2, 0.25) is 0 Å². The van der Waals surface area contributed by atoms with Gasteiger partial charge in [-0.1, -0.05) is 13.8 Å². The molecule has 0 aromatic heterocycles. The van der Waals surface area contributed by atoms with Crippen LogP contribution in [0.25, 0.3) is 0 Å². The van der Waals surface area contributed by atoms with Gasteiger partial charge in [0.1, 0.15) is 0 Å². The number of piperazine rings is 1. The normalized spacial score (nSPS) is 18.6. The van der Waals surface area contributed by atoms with Gasteiger partial charge < -0.3 is 20.3 Å². The maximum Gasteiger partial charge on any atom is 0.191 e. The van der Waals surface area contributed by atoms with E-state index in [2.05, 4.69) is 46.3 Å². The number of methoxy groups -OCH3 is 1. The van der Waals surface area contributed by atoms with Gasteiger partial charge in [0.05, 0.1) is 0 Å². The highest BCUT2D eigenvalue weighted by atomic mass is 127. The summed E-state index contributed by atoms with van der Waals surface area (Å²) in [5.74, 6) is 1.51. The smallest absolute Gasteiger partial charge is 0.191 e. The molecule has 7 heteroatoms. The summed E-state index contributed by atoms with van der Waals surface area (Å²) in [6.45, 7) is 11.8. The average Bonchev–Trinajstić information content (AvgIpc) is 2.51. The Morgan fingerprint density at radius 1 is 1.17 bits per heavy atom. The van der Waals surface area contributed by atoms with Crippen molar-refractivity contribution in [3.63, 3.8) is 0 Å². The van der Waals surface area contributed by atoms with Gasteiger partial charge in [-0.2, -0.15) is 0 Å². The highest BCUT2D eigenvalue weighted by Gasteiger charge is 2.24. The molecule has 1 fully saturated rings. The first kappa shape index (κ1) is 22.9. The molecule has 1 rings (SSSR count). The Labute approximate surface area is 159 Å². The predicted octanol–water partition coefficient (Wildman–Crippen LogP) is 1.08. The molecule has 1 atom stereocenters. The lowest BCUT2D eigenvalue weighted by atomic mass is 10.0. The zero-order valence-electron chi connectivity index (χ0n) is 15.5. The van der Waals surface area contributed by atoms with Crippen LogP contribution in [-0.4, -0.2) is 88.9 Å². The molecule has 138 valence electrons. The molecule has 0 aliphatic carbocycles. The Kier molecular flexibility index (Phi) is 13.1. The van der Waals surface area contributed by atoms with Gasteiger partial charge >= 0.3 is 0 Å². The molecule has 23 heavy (non-hydrogen) atoms. The summed E-state index contributed by atoms with van der Waals surface area (Å²) < 4.78 is 5.06. The summed E-state index contributed by atoms with van der Waals surface area (Å²) in [7, 11) is 5.76. The van der Waals surface area contributed by atoms with Gasteiger partial charge in [0.2, 0.25) is 0 Å². The van der Waals surface area contributed by atoms with Crippen LogP contribution in [0.1, 0.15) is 20.3 Å². The van der Waals surface area contributed by atoms with Crippen LogP contribution < -0.4 is 10.6 Å². The lowest BCUT2D eigenvalue weighted by Gasteiger charge is -2.40. The number of hydrogen-bond acceptors (Lipinski definition) is 4. The van der Waals surface area contributed by atoms with Gasteiger partial charge in [-0.25, -0.2) is 0 Å². The van der Waals surface area contributed by atoms with Gasteiger partial charge in [-0.15, -0.1) is 24.0 Å². The summed E-state index contributed by atoms with van der Waals surface area (Å²) >= 11 is 0. The molecule has 1 heterocycles. The quantitative estimate of drug-likeness (QED) is 0.256. The number of hydrogen-bond donors (Lipinski definition) is 2. The van der Waals surface area contributed by atoms with Crippen molar-refractivity contribution in [1.82, 2.24) is 20.4 Å². The molecule has 0 aromatic carbocycles. The largest absolute Gasteiger partial charge is 0.385 e. The summed E-state index contributed by atoms with van der Waals surface area (Å²) in [5.41, 5.74) is 0. The van der Waals surface area contributed by atoms with E-state index in [0.29, 0.717) is 12.0 Å². The third-order valence-electron chi connectivity index (χ3n) is 4.30. The lowest BCUT2D eigenvalue weighted by molar-refractivity contribution is 0.0900. The minimum absolute atomic E-state index is 0. The summed E-state index contributed by atoms with van der Waals surface area (Å²) in [5, 5.41) is 6.82. The molecule has 0 amide bonds. The molecule has 2 N–H and O–H groups in total. The average molecular weight is 441 g/mol. The number of rotatable bonds is 8. The Bertz CT molecular complexity index is 320. The fourth-order valence-corrected chi connectivity index (χ4v) is 2.79. The molecule has 0 bridgehead atoms. The van der Waals surface area contributed by atoms with Crippen LogP contribution in [0.5, 0.6) is 0 Å². The van der Waals surface area contributed by atoms with E-state index >= 15 is 0 Å². The number of aliphatic imine (C=N–C) groups is 1. The first-order valence-electron chi connectivity index (χ1n) is 8.44. The Morgan fingerprint density at radius 3 is 2.35 bits per heavy atom. The van der Waals surface area contributed by atoms with E-state index < -0.39 is 0 Å². The highest BCUT2D eigenvalue weighted by molar-refractivity contribution is 14.0. The summed E-state index contributed by atoms with van der Waals surface area (Å²) in [6, 6.07) is 0.547. The van der Waals surface area contributed by atoms with E-state index in [4.69, 9.17) is 4.74 Å². The minimum Gasteiger partial charge on any atom is -0.385 e. The summed E-state index contributed by atoms with van der Waals surface area (Å²) in [6.07, 6.45) is 0.989. The second-order valence-electron chi connectivity index (χ2n) is 6.38. The predicted molar refractivity (Wildman–Crippen MR) is 109 cm³/mol. The molecule has 0 spiro atoms. The van der Waals surface area contributed by atoms with Crippen LogP contribution in [0.3, 0.4) is 0 Å². The van der Waals surface area contributed by atoms with Crippen molar-refractivity contribution in [2.45, 2.75) is 26.3 Å². The number of ether oxygens (including phenoxy) is 1. The molecular weight excluding hydrogens is 405 g/mol. The third kappa shape index (κ3) is 9.07. The van der Waals surface area contributed by atoms with Gasteiger partial charge in [0, 0.05) is 66.1 Å². The number of nitrogens with one attached hydrogen (secondary N) is 2. The molecule has 0 radical (unpaired) electrons. The van der Waals surface area contributed by atoms with E-state index in [1.807, 2.05) is 7.05 Å². The fourth-order valence-electron chi connectivity index (χ4n) is 2.79. The number of nitrogens with zero attached hydrogens (tertiary/aromatic N) is 3. The van der Waals surface area contributed by atoms with E-state index in [0.717, 1.165) is 58.3 Å². The van der Waals surface area contributed by atoms with Crippen molar-refractivity contribution in [2.75, 3.05) is 67.1 Å². The zero-order valence-corrected chi connectivity index (χ0v) is 17.8. The van der Waals surface area contributed by atoms with Gasteiger partial charge in [0.25, 0.3) is 0 Å². The zero-order chi connectivity index (χ0) is 16.4. The third-order valence-corrected chi connectivity index (χ3v) is 4.30. The molecule has 1 aliphatic heterocycles. The van der Waals surface area contributed by atoms with Crippen molar-refractivity contribution in [3.05, 3.63) is 0 Å². The monoisotopic (exact) mass is 441 g/mol. The second-order valence-corrected chi connectivity index (χ2v) is 6.38. The van der Waals surface area contributed by atoms with Crippen molar-refractivity contribution in [1.29, 1.82) is 0 Å². The van der Waals surface area contributed by atoms with E-state index in [1.54, 1.807) is 7.11 Å². The van der Waals surface area contributed by atoms with Crippen LogP contribution >= 0.6 is 24.0 Å². The van der Waals surface area contributed by atoms with Crippen molar-refractivity contribution in [2.24, 2.45) is 10.9 Å². The Morgan fingerprint density at radius 2 is 1.83 bits per heavy atom. The van der Waals surface area contributed by atoms with Gasteiger partial charge in [-0.05, 0) is 19.4 Å². The maximum atomic E-state index is 5.06. The fraction of sp³-hybridized carbons (Fsp3) is 0.938. The van der Waals surface area contributed by atoms with E-state index in [1.165, 1.54) is 0 Å². The Hall–Kier alpha value is -0.120. The SMILES string of the molecule is CN=C(NCCCOC)NCC(C(C)C)N1CCN(C)CC1.I. The number of guanidine groups is 1. The highest BCUT2D eigenvalue weighted by Crippen LogP contribution is 2.12. The molecule has 6 nitrogen and oxygen atoms in total. The number of likely N-dealkylation sites (N-methyl/N-ethyl adjacent to an activating group) is 1. The van der Waals surface area contributed by atoms with Gasteiger partial charge in [0.15, 0.2) is 5.96 Å². The van der Waals surface area contributed by atoms with E-state index in [-0.39, 0.29) is 24.0 Å². The lowest BCUT2D eigenvalue weighted by Crippen LogP contribution is -2.55. The molecule has 1 aliphatic rings. The first-order chi connectivity index (χ1) is 10.6. The van der Waals surface area contributed by atoms with Crippen molar-refractivity contribution < 1.29 is 4.74 Å². The second kappa shape index (κ2) is 13.2. The molecule has 0 saturated carbocycles. The Balaban J connectivity index is 0.00000484. The maximum absolute atomic E-state index is 5.06. The van der Waals surface area contributed by atoms with Crippen LogP contribution in [-0.2, 0) is 4.74 Å². The molecule has 1 unspecified atom stereocenters. The van der Waals surface area contributed by atoms with Crippen molar-refractivity contribution >= 4 is 29.9 Å². The van der Waals surface area contributed by atoms with E-state index in [9.17, 15) is 0 Å². The first-order valence-corrected chi connectivity index (χ1v) is 8.44.